The van der Waals surface area contributed by atoms with Crippen molar-refractivity contribution < 1.29 is 8.42 Å². The van der Waals surface area contributed by atoms with Gasteiger partial charge in [-0.25, -0.2) is 13.4 Å². The van der Waals surface area contributed by atoms with Crippen molar-refractivity contribution in [2.24, 2.45) is 0 Å². The molecule has 3 N–H and O–H groups in total. The van der Waals surface area contributed by atoms with Gasteiger partial charge in [-0.05, 0) is 40.2 Å². The highest BCUT2D eigenvalue weighted by molar-refractivity contribution is 9.11. The zero-order valence-corrected chi connectivity index (χ0v) is 14.5. The first-order valence-electron chi connectivity index (χ1n) is 5.19. The second-order valence-electron chi connectivity index (χ2n) is 3.76. The fourth-order valence-electron chi connectivity index (χ4n) is 1.52. The molecule has 0 saturated heterocycles. The highest BCUT2D eigenvalue weighted by atomic mass is 79.9. The average molecular weight is 442 g/mol. The maximum atomic E-state index is 12.3. The maximum absolute atomic E-state index is 12.3. The molecular weight excluding hydrogens is 433 g/mol. The van der Waals surface area contributed by atoms with Crippen LogP contribution in [0.1, 0.15) is 0 Å². The first-order chi connectivity index (χ1) is 9.29. The summed E-state index contributed by atoms with van der Waals surface area (Å²) >= 11 is 12.1. The van der Waals surface area contributed by atoms with Crippen LogP contribution in [0.25, 0.3) is 0 Å². The predicted molar refractivity (Wildman–Crippen MR) is 86.3 cm³/mol. The fourth-order valence-corrected chi connectivity index (χ4v) is 4.75. The molecule has 0 bridgehead atoms. The number of sulfonamides is 1. The van der Waals surface area contributed by atoms with E-state index in [0.717, 1.165) is 0 Å². The molecule has 0 unspecified atom stereocenters. The summed E-state index contributed by atoms with van der Waals surface area (Å²) in [5, 5.41) is 0.188. The van der Waals surface area contributed by atoms with Gasteiger partial charge in [0.25, 0.3) is 10.0 Å². The van der Waals surface area contributed by atoms with Crippen LogP contribution < -0.4 is 10.5 Å². The molecule has 0 fully saturated rings. The molecule has 106 valence electrons. The van der Waals surface area contributed by atoms with Crippen molar-refractivity contribution in [1.29, 1.82) is 0 Å². The molecule has 2 rings (SSSR count). The van der Waals surface area contributed by atoms with Gasteiger partial charge in [0.2, 0.25) is 0 Å². The predicted octanol–water partition coefficient (Wildman–Crippen LogP) is 3.64. The first-order valence-corrected chi connectivity index (χ1v) is 8.64. The average Bonchev–Trinajstić information content (AvgIpc) is 2.25. The second-order valence-corrected chi connectivity index (χ2v) is 7.53. The standard InChI is InChI=1S/C11H8Br2ClN3O2S/c12-6-4-7(13)11(8(15)5-6)20(18,19)17-10-3-1-2-9(14)16-10/h1-5H,15H2,(H,16,17). The van der Waals surface area contributed by atoms with Gasteiger partial charge >= 0.3 is 0 Å². The van der Waals surface area contributed by atoms with Crippen LogP contribution in [0.3, 0.4) is 0 Å². The number of nitrogens with two attached hydrogens (primary N) is 1. The van der Waals surface area contributed by atoms with Gasteiger partial charge in [-0.3, -0.25) is 4.72 Å². The molecule has 0 amide bonds. The van der Waals surface area contributed by atoms with Crippen molar-refractivity contribution in [2.75, 3.05) is 10.5 Å². The molecule has 1 heterocycles. The molecule has 0 saturated carbocycles. The third-order valence-electron chi connectivity index (χ3n) is 2.26. The summed E-state index contributed by atoms with van der Waals surface area (Å²) in [5.41, 5.74) is 5.88. The summed E-state index contributed by atoms with van der Waals surface area (Å²) in [6, 6.07) is 7.73. The molecular formula is C11H8Br2ClN3O2S. The van der Waals surface area contributed by atoms with Crippen LogP contribution in [0.2, 0.25) is 5.15 Å². The topological polar surface area (TPSA) is 85.1 Å². The number of hydrogen-bond donors (Lipinski definition) is 2. The van der Waals surface area contributed by atoms with Crippen molar-refractivity contribution in [2.45, 2.75) is 4.90 Å². The Hall–Kier alpha value is -0.830. The Balaban J connectivity index is 2.46. The lowest BCUT2D eigenvalue weighted by Gasteiger charge is -2.12. The second kappa shape index (κ2) is 5.88. The number of anilines is 2. The third kappa shape index (κ3) is 3.43. The summed E-state index contributed by atoms with van der Waals surface area (Å²) in [7, 11) is -3.87. The van der Waals surface area contributed by atoms with Crippen LogP contribution in [0.4, 0.5) is 11.5 Å². The van der Waals surface area contributed by atoms with Crippen molar-refractivity contribution in [3.8, 4) is 0 Å². The molecule has 0 atom stereocenters. The van der Waals surface area contributed by atoms with Crippen LogP contribution in [0.5, 0.6) is 0 Å². The highest BCUT2D eigenvalue weighted by Crippen LogP contribution is 2.32. The summed E-state index contributed by atoms with van der Waals surface area (Å²) < 4.78 is 28.0. The van der Waals surface area contributed by atoms with Gasteiger partial charge in [0, 0.05) is 8.95 Å². The van der Waals surface area contributed by atoms with E-state index < -0.39 is 10.0 Å². The third-order valence-corrected chi connectivity index (χ3v) is 5.29. The molecule has 1 aromatic heterocycles. The van der Waals surface area contributed by atoms with E-state index in [4.69, 9.17) is 17.3 Å². The van der Waals surface area contributed by atoms with Gasteiger partial charge in [0.05, 0.1) is 5.69 Å². The van der Waals surface area contributed by atoms with E-state index >= 15 is 0 Å². The minimum atomic E-state index is -3.87. The van der Waals surface area contributed by atoms with Crippen molar-refractivity contribution in [3.05, 3.63) is 44.4 Å². The summed E-state index contributed by atoms with van der Waals surface area (Å²) in [5.74, 6) is 0.117. The first kappa shape index (κ1) is 15.6. The molecule has 20 heavy (non-hydrogen) atoms. The quantitative estimate of drug-likeness (QED) is 0.563. The maximum Gasteiger partial charge on any atom is 0.266 e. The smallest absolute Gasteiger partial charge is 0.266 e. The van der Waals surface area contributed by atoms with Crippen molar-refractivity contribution in [3.63, 3.8) is 0 Å². The van der Waals surface area contributed by atoms with E-state index in [1.54, 1.807) is 18.2 Å². The molecule has 0 aliphatic heterocycles. The number of rotatable bonds is 3. The lowest BCUT2D eigenvalue weighted by atomic mass is 10.3. The van der Waals surface area contributed by atoms with Gasteiger partial charge < -0.3 is 5.73 Å². The van der Waals surface area contributed by atoms with E-state index in [-0.39, 0.29) is 21.6 Å². The molecule has 2 aromatic rings. The van der Waals surface area contributed by atoms with Gasteiger partial charge in [-0.1, -0.05) is 33.6 Å². The van der Waals surface area contributed by atoms with Gasteiger partial charge in [-0.2, -0.15) is 0 Å². The molecule has 0 spiro atoms. The molecule has 1 aromatic carbocycles. The minimum absolute atomic E-state index is 0.0533. The lowest BCUT2D eigenvalue weighted by molar-refractivity contribution is 0.601. The number of nitrogens with one attached hydrogen (secondary N) is 1. The zero-order valence-electron chi connectivity index (χ0n) is 9.77. The van der Waals surface area contributed by atoms with Gasteiger partial charge in [-0.15, -0.1) is 0 Å². The Morgan fingerprint density at radius 3 is 2.55 bits per heavy atom. The molecule has 0 aliphatic carbocycles. The Labute approximate surface area is 137 Å². The van der Waals surface area contributed by atoms with E-state index in [0.29, 0.717) is 8.95 Å². The van der Waals surface area contributed by atoms with E-state index in [1.807, 2.05) is 0 Å². The van der Waals surface area contributed by atoms with Gasteiger partial charge in [0.15, 0.2) is 0 Å². The Morgan fingerprint density at radius 1 is 1.25 bits per heavy atom. The van der Waals surface area contributed by atoms with Crippen LogP contribution in [0.15, 0.2) is 44.2 Å². The van der Waals surface area contributed by atoms with Crippen molar-refractivity contribution >= 4 is 65.0 Å². The van der Waals surface area contributed by atoms with Crippen LogP contribution in [-0.4, -0.2) is 13.4 Å². The fraction of sp³-hybridized carbons (Fsp3) is 0. The Kier molecular flexibility index (Phi) is 4.58. The summed E-state index contributed by atoms with van der Waals surface area (Å²) in [6.07, 6.45) is 0. The van der Waals surface area contributed by atoms with E-state index in [1.165, 1.54) is 12.1 Å². The number of benzene rings is 1. The van der Waals surface area contributed by atoms with Gasteiger partial charge in [0.1, 0.15) is 15.9 Å². The Bertz CT molecular complexity index is 745. The Morgan fingerprint density at radius 2 is 1.95 bits per heavy atom. The molecule has 9 heteroatoms. The summed E-state index contributed by atoms with van der Waals surface area (Å²) in [6.45, 7) is 0. The number of halogens is 3. The summed E-state index contributed by atoms with van der Waals surface area (Å²) in [4.78, 5) is 3.82. The van der Waals surface area contributed by atoms with Crippen LogP contribution >= 0.6 is 43.5 Å². The SMILES string of the molecule is Nc1cc(Br)cc(Br)c1S(=O)(=O)Nc1cccc(Cl)n1. The normalized spacial score (nSPS) is 11.3. The zero-order chi connectivity index (χ0) is 14.9. The monoisotopic (exact) mass is 439 g/mol. The van der Waals surface area contributed by atoms with Crippen molar-refractivity contribution in [1.82, 2.24) is 4.98 Å². The highest BCUT2D eigenvalue weighted by Gasteiger charge is 2.22. The number of pyridine rings is 1. The van der Waals surface area contributed by atoms with Crippen LogP contribution in [-0.2, 0) is 10.0 Å². The van der Waals surface area contributed by atoms with E-state index in [2.05, 4.69) is 41.6 Å². The number of nitrogens with zero attached hydrogens (tertiary/aromatic N) is 1. The lowest BCUT2D eigenvalue weighted by Crippen LogP contribution is -2.16. The number of aromatic nitrogens is 1. The van der Waals surface area contributed by atoms with Crippen LogP contribution in [0, 0.1) is 0 Å². The molecule has 5 nitrogen and oxygen atoms in total. The minimum Gasteiger partial charge on any atom is -0.398 e. The van der Waals surface area contributed by atoms with E-state index in [9.17, 15) is 8.42 Å². The largest absolute Gasteiger partial charge is 0.398 e. The number of nitrogen functional groups attached to an aromatic ring is 1. The molecule has 0 radical (unpaired) electrons. The number of hydrogen-bond acceptors (Lipinski definition) is 4. The molecule has 0 aliphatic rings.